The molecule has 0 amide bonds. The minimum absolute atomic E-state index is 0.384. The first-order valence-corrected chi connectivity index (χ1v) is 1.83. The Morgan fingerprint density at radius 3 is 2.67 bits per heavy atom. The Bertz CT molecular complexity index is 72.1. The zero-order chi connectivity index (χ0) is 5.86. The molecule has 1 N–H and O–H groups in total. The molecule has 0 fully saturated rings. The van der Waals surface area contributed by atoms with E-state index in [2.05, 4.69) is 0 Å². The van der Waals surface area contributed by atoms with Gasteiger partial charge in [0.1, 0.15) is 0 Å². The summed E-state index contributed by atoms with van der Waals surface area (Å²) in [6.45, 7) is 1.67. The molecule has 0 aliphatic heterocycles. The van der Waals surface area contributed by atoms with E-state index in [1.54, 1.807) is 6.92 Å². The zero-order valence-electron chi connectivity index (χ0n) is 4.64. The van der Waals surface area contributed by atoms with Crippen molar-refractivity contribution in [3.05, 3.63) is 0 Å². The van der Waals surface area contributed by atoms with Gasteiger partial charge in [0.15, 0.2) is 0 Å². The van der Waals surface area contributed by atoms with E-state index in [1.807, 2.05) is 0 Å². The molecule has 0 aliphatic carbocycles. The summed E-state index contributed by atoms with van der Waals surface area (Å²) in [6.07, 6.45) is -0.546. The Morgan fingerprint density at radius 2 is 2.67 bits per heavy atom. The van der Waals surface area contributed by atoms with Crippen LogP contribution in [0.5, 0.6) is 0 Å². The first-order chi connectivity index (χ1) is 3.18. The molecule has 0 heterocycles. The summed E-state index contributed by atoms with van der Waals surface area (Å²) in [5.74, 6) is -1.04. The lowest BCUT2D eigenvalue weighted by Crippen LogP contribution is -1.90. The molecule has 2 heteroatoms. The second-order valence-corrected chi connectivity index (χ2v) is 0.951. The van der Waals surface area contributed by atoms with Crippen LogP contribution in [-0.4, -0.2) is 11.1 Å². The molecule has 0 saturated heterocycles. The number of aliphatic carboxylic acids is 1. The van der Waals surface area contributed by atoms with Gasteiger partial charge in [0.05, 0.1) is 0 Å². The van der Waals surface area contributed by atoms with E-state index in [-0.39, 0.29) is 0 Å². The molecule has 6 heavy (non-hydrogen) atoms. The highest BCUT2D eigenvalue weighted by atomic mass is 16.4. The van der Waals surface area contributed by atoms with Crippen LogP contribution in [-0.2, 0) is 4.79 Å². The monoisotopic (exact) mass is 90.1 g/mol. The molecule has 0 aromatic carbocycles. The van der Waals surface area contributed by atoms with Crippen molar-refractivity contribution in [2.24, 2.45) is 0 Å². The van der Waals surface area contributed by atoms with Crippen LogP contribution in [0.4, 0.5) is 0 Å². The van der Waals surface area contributed by atoms with E-state index in [1.165, 1.54) is 0 Å². The molecular formula is C4H8O2. The maximum Gasteiger partial charge on any atom is 0.303 e. The Labute approximate surface area is 38.2 Å². The first kappa shape index (κ1) is 3.65. The van der Waals surface area contributed by atoms with E-state index in [9.17, 15) is 4.79 Å². The van der Waals surface area contributed by atoms with Gasteiger partial charge in [-0.2, -0.15) is 0 Å². The molecule has 2 nitrogen and oxygen atoms in total. The predicted molar refractivity (Wildman–Crippen MR) is 22.5 cm³/mol. The van der Waals surface area contributed by atoms with Crippen LogP contribution in [0.15, 0.2) is 0 Å². The fraction of sp³-hybridized carbons (Fsp3) is 0.750. The van der Waals surface area contributed by atoms with Crippen molar-refractivity contribution in [3.63, 3.8) is 0 Å². The van der Waals surface area contributed by atoms with Gasteiger partial charge in [0.25, 0.3) is 0 Å². The van der Waals surface area contributed by atoms with Crippen LogP contribution < -0.4 is 0 Å². The molecule has 0 bridgehead atoms. The average Bonchev–Trinajstić information content (AvgIpc) is 1.65. The van der Waals surface area contributed by atoms with Gasteiger partial charge in [-0.1, -0.05) is 6.92 Å². The van der Waals surface area contributed by atoms with Crippen LogP contribution >= 0.6 is 0 Å². The lowest BCUT2D eigenvalue weighted by molar-refractivity contribution is -0.137. The summed E-state index contributed by atoms with van der Waals surface area (Å²) < 4.78 is 6.68. The van der Waals surface area contributed by atoms with Crippen LogP contribution in [0.2, 0.25) is 0 Å². The first-order valence-electron chi connectivity index (χ1n) is 2.41. The van der Waals surface area contributed by atoms with E-state index in [0.717, 1.165) is 0 Å². The highest BCUT2D eigenvalue weighted by Gasteiger charge is 1.87. The summed E-state index contributed by atoms with van der Waals surface area (Å²) in [6, 6.07) is 0. The van der Waals surface area contributed by atoms with Gasteiger partial charge in [-0.05, 0) is 6.42 Å². The van der Waals surface area contributed by atoms with Gasteiger partial charge >= 0.3 is 5.97 Å². The van der Waals surface area contributed by atoms with Crippen molar-refractivity contribution in [2.75, 3.05) is 0 Å². The predicted octanol–water partition coefficient (Wildman–Crippen LogP) is 0.871. The summed E-state index contributed by atoms with van der Waals surface area (Å²) in [5, 5.41) is 7.99. The van der Waals surface area contributed by atoms with E-state index in [4.69, 9.17) is 6.48 Å². The van der Waals surface area contributed by atoms with Crippen LogP contribution in [0.1, 0.15) is 21.1 Å². The molecular weight excluding hydrogens is 80.0 g/mol. The van der Waals surface area contributed by atoms with Crippen molar-refractivity contribution in [1.29, 1.82) is 0 Å². The fourth-order valence-electron chi connectivity index (χ4n) is 0.175. The van der Waals surface area contributed by atoms with Crippen LogP contribution in [0.25, 0.3) is 0 Å². The van der Waals surface area contributed by atoms with Crippen molar-refractivity contribution < 1.29 is 11.3 Å². The normalized spacial score (nSPS) is 15.8. The van der Waals surface area contributed by atoms with Crippen molar-refractivity contribution in [3.8, 4) is 0 Å². The third-order valence-electron chi connectivity index (χ3n) is 0.379. The lowest BCUT2D eigenvalue weighted by Gasteiger charge is -1.79. The number of hydrogen-bond acceptors (Lipinski definition) is 1. The topological polar surface area (TPSA) is 37.3 Å². The summed E-state index contributed by atoms with van der Waals surface area (Å²) in [4.78, 5) is 9.74. The Hall–Kier alpha value is -0.530. The molecule has 0 aromatic heterocycles. The highest BCUT2D eigenvalue weighted by molar-refractivity contribution is 5.66. The lowest BCUT2D eigenvalue weighted by atomic mass is 10.4. The van der Waals surface area contributed by atoms with Crippen molar-refractivity contribution >= 4 is 5.97 Å². The van der Waals surface area contributed by atoms with Crippen LogP contribution in [0.3, 0.4) is 0 Å². The van der Waals surface area contributed by atoms with Crippen LogP contribution in [0, 0.1) is 0 Å². The third-order valence-corrected chi connectivity index (χ3v) is 0.379. The maximum absolute atomic E-state index is 9.74. The van der Waals surface area contributed by atoms with Crippen molar-refractivity contribution in [1.82, 2.24) is 0 Å². The summed E-state index contributed by atoms with van der Waals surface area (Å²) in [5.41, 5.74) is 0. The molecule has 0 radical (unpaired) electrons. The second-order valence-electron chi connectivity index (χ2n) is 0.951. The van der Waals surface area contributed by atoms with Gasteiger partial charge in [-0.25, -0.2) is 0 Å². The zero-order valence-corrected chi connectivity index (χ0v) is 3.64. The maximum atomic E-state index is 9.74. The highest BCUT2D eigenvalue weighted by Crippen LogP contribution is 1.82. The van der Waals surface area contributed by atoms with E-state index < -0.39 is 12.4 Å². The smallest absolute Gasteiger partial charge is 0.303 e. The number of carboxylic acid groups (broad SMARTS) is 1. The van der Waals surface area contributed by atoms with E-state index >= 15 is 0 Å². The molecule has 0 saturated carbocycles. The summed E-state index contributed by atoms with van der Waals surface area (Å²) >= 11 is 0. The minimum Gasteiger partial charge on any atom is -0.481 e. The Kier molecular flexibility index (Phi) is 1.64. The molecule has 0 aromatic rings. The molecule has 0 spiro atoms. The molecule has 0 aliphatic rings. The number of hydrogen-bond donors (Lipinski definition) is 1. The number of rotatable bonds is 2. The van der Waals surface area contributed by atoms with Gasteiger partial charge < -0.3 is 5.11 Å². The molecule has 1 unspecified atom stereocenters. The standard InChI is InChI=1S/C4H8O2/c1-2-3-4(5)6/h2-3H2,1H3,(H,5,6)/i3T. The minimum atomic E-state index is -1.04. The van der Waals surface area contributed by atoms with Gasteiger partial charge in [0, 0.05) is 7.77 Å². The quantitative estimate of drug-likeness (QED) is 0.546. The Morgan fingerprint density at radius 1 is 2.17 bits per heavy atom. The third kappa shape index (κ3) is 3.47. The van der Waals surface area contributed by atoms with Gasteiger partial charge in [0.2, 0.25) is 0 Å². The average molecular weight is 90.1 g/mol. The SMILES string of the molecule is [3H]C(CC)C(=O)O. The number of carbonyl (C=O) groups is 1. The van der Waals surface area contributed by atoms with Gasteiger partial charge in [-0.3, -0.25) is 4.79 Å². The fourth-order valence-corrected chi connectivity index (χ4v) is 0.175. The number of carboxylic acids is 1. The summed E-state index contributed by atoms with van der Waals surface area (Å²) in [7, 11) is 0. The second kappa shape index (κ2) is 2.69. The molecule has 36 valence electrons. The van der Waals surface area contributed by atoms with Gasteiger partial charge in [-0.15, -0.1) is 0 Å². The molecule has 1 atom stereocenters. The van der Waals surface area contributed by atoms with Crippen molar-refractivity contribution in [2.45, 2.75) is 19.7 Å². The molecule has 0 rings (SSSR count). The largest absolute Gasteiger partial charge is 0.481 e. The Balaban J connectivity index is 3.34. The van der Waals surface area contributed by atoms with E-state index in [0.29, 0.717) is 6.42 Å².